The van der Waals surface area contributed by atoms with Gasteiger partial charge in [0.2, 0.25) is 5.91 Å². The van der Waals surface area contributed by atoms with E-state index in [9.17, 15) is 4.79 Å². The molecule has 0 spiro atoms. The zero-order valence-corrected chi connectivity index (χ0v) is 8.84. The van der Waals surface area contributed by atoms with Gasteiger partial charge in [-0.15, -0.1) is 0 Å². The minimum absolute atomic E-state index is 0.0233. The lowest BCUT2D eigenvalue weighted by molar-refractivity contribution is -0.123. The summed E-state index contributed by atoms with van der Waals surface area (Å²) in [5, 5.41) is 2.57. The molecule has 0 aliphatic heterocycles. The molecule has 1 aliphatic carbocycles. The molecule has 0 atom stereocenters. The Labute approximate surface area is 85.2 Å². The minimum atomic E-state index is -0.131. The molecule has 0 heterocycles. The van der Waals surface area contributed by atoms with Gasteiger partial charge >= 0.3 is 0 Å². The second-order valence-corrected chi connectivity index (χ2v) is 3.87. The number of hydrogen-bond donors (Lipinski definition) is 2. The zero-order chi connectivity index (χ0) is 10.4. The van der Waals surface area contributed by atoms with Crippen molar-refractivity contribution in [3.63, 3.8) is 0 Å². The lowest BCUT2D eigenvalue weighted by Gasteiger charge is -2.27. The first-order chi connectivity index (χ1) is 6.72. The summed E-state index contributed by atoms with van der Waals surface area (Å²) in [4.78, 5) is 11.0. The van der Waals surface area contributed by atoms with Gasteiger partial charge < -0.3 is 15.8 Å². The maximum atomic E-state index is 11.0. The number of nitrogens with one attached hydrogen (secondary N) is 1. The molecule has 0 radical (unpaired) electrons. The number of carbonyl (C=O) groups is 1. The standard InChI is InChI=1S/C10H20N2O2/c1-12-9(13)4-7-14-10(8-11)5-2-3-6-10/h2-8,11H2,1H3,(H,12,13). The van der Waals surface area contributed by atoms with Crippen molar-refractivity contribution in [2.45, 2.75) is 37.7 Å². The Hall–Kier alpha value is -0.610. The van der Waals surface area contributed by atoms with E-state index in [1.165, 1.54) is 12.8 Å². The van der Waals surface area contributed by atoms with Crippen molar-refractivity contribution in [1.82, 2.24) is 5.32 Å². The zero-order valence-electron chi connectivity index (χ0n) is 8.84. The molecule has 0 saturated heterocycles. The summed E-state index contributed by atoms with van der Waals surface area (Å²) in [6, 6.07) is 0. The van der Waals surface area contributed by atoms with Crippen LogP contribution in [-0.2, 0) is 9.53 Å². The van der Waals surface area contributed by atoms with Crippen LogP contribution < -0.4 is 11.1 Å². The van der Waals surface area contributed by atoms with E-state index < -0.39 is 0 Å². The van der Waals surface area contributed by atoms with Crippen LogP contribution in [0.4, 0.5) is 0 Å². The van der Waals surface area contributed by atoms with E-state index >= 15 is 0 Å². The highest BCUT2D eigenvalue weighted by Crippen LogP contribution is 2.32. The lowest BCUT2D eigenvalue weighted by Crippen LogP contribution is -2.38. The van der Waals surface area contributed by atoms with E-state index in [0.717, 1.165) is 12.8 Å². The molecule has 0 aromatic heterocycles. The van der Waals surface area contributed by atoms with E-state index in [4.69, 9.17) is 10.5 Å². The van der Waals surface area contributed by atoms with E-state index in [0.29, 0.717) is 19.6 Å². The van der Waals surface area contributed by atoms with E-state index in [2.05, 4.69) is 5.32 Å². The first-order valence-electron chi connectivity index (χ1n) is 5.27. The molecule has 0 unspecified atom stereocenters. The Balaban J connectivity index is 2.24. The van der Waals surface area contributed by atoms with Crippen LogP contribution in [0.1, 0.15) is 32.1 Å². The molecule has 1 fully saturated rings. The Kier molecular flexibility index (Phi) is 4.35. The number of amides is 1. The Bertz CT molecular complexity index is 189. The largest absolute Gasteiger partial charge is 0.373 e. The highest BCUT2D eigenvalue weighted by molar-refractivity contribution is 5.75. The summed E-state index contributed by atoms with van der Waals surface area (Å²) < 4.78 is 5.73. The van der Waals surface area contributed by atoms with Crippen molar-refractivity contribution in [2.24, 2.45) is 5.73 Å². The van der Waals surface area contributed by atoms with Gasteiger partial charge in [-0.2, -0.15) is 0 Å². The fourth-order valence-electron chi connectivity index (χ4n) is 1.91. The maximum Gasteiger partial charge on any atom is 0.222 e. The van der Waals surface area contributed by atoms with Gasteiger partial charge in [-0.3, -0.25) is 4.79 Å². The van der Waals surface area contributed by atoms with Crippen LogP contribution in [0.3, 0.4) is 0 Å². The molecule has 3 N–H and O–H groups in total. The van der Waals surface area contributed by atoms with Crippen molar-refractivity contribution in [3.05, 3.63) is 0 Å². The highest BCUT2D eigenvalue weighted by atomic mass is 16.5. The number of rotatable bonds is 5. The average molecular weight is 200 g/mol. The van der Waals surface area contributed by atoms with Gasteiger partial charge in [0.25, 0.3) is 0 Å². The number of hydrogen-bond acceptors (Lipinski definition) is 3. The third-order valence-corrected chi connectivity index (χ3v) is 2.90. The Morgan fingerprint density at radius 3 is 2.64 bits per heavy atom. The minimum Gasteiger partial charge on any atom is -0.373 e. The second-order valence-electron chi connectivity index (χ2n) is 3.87. The summed E-state index contributed by atoms with van der Waals surface area (Å²) in [5.41, 5.74) is 5.56. The van der Waals surface area contributed by atoms with Crippen LogP contribution in [0.2, 0.25) is 0 Å². The SMILES string of the molecule is CNC(=O)CCOC1(CN)CCCC1. The van der Waals surface area contributed by atoms with Gasteiger partial charge in [0, 0.05) is 20.0 Å². The summed E-state index contributed by atoms with van der Waals surface area (Å²) in [6.07, 6.45) is 4.89. The van der Waals surface area contributed by atoms with Gasteiger partial charge in [0.15, 0.2) is 0 Å². The average Bonchev–Trinajstić information content (AvgIpc) is 2.67. The first-order valence-corrected chi connectivity index (χ1v) is 5.27. The molecule has 1 aliphatic rings. The Morgan fingerprint density at radius 2 is 2.14 bits per heavy atom. The monoisotopic (exact) mass is 200 g/mol. The summed E-state index contributed by atoms with van der Waals surface area (Å²) >= 11 is 0. The molecule has 4 heteroatoms. The number of nitrogens with two attached hydrogens (primary N) is 1. The fraction of sp³-hybridized carbons (Fsp3) is 0.900. The normalized spacial score (nSPS) is 19.6. The van der Waals surface area contributed by atoms with Crippen LogP contribution in [-0.4, -0.2) is 31.7 Å². The highest BCUT2D eigenvalue weighted by Gasteiger charge is 2.33. The van der Waals surface area contributed by atoms with Gasteiger partial charge in [0.1, 0.15) is 0 Å². The van der Waals surface area contributed by atoms with Crippen molar-refractivity contribution < 1.29 is 9.53 Å². The number of carbonyl (C=O) groups excluding carboxylic acids is 1. The summed E-state index contributed by atoms with van der Waals surface area (Å²) in [6.45, 7) is 1.05. The van der Waals surface area contributed by atoms with Crippen LogP contribution in [0.25, 0.3) is 0 Å². The maximum absolute atomic E-state index is 11.0. The third-order valence-electron chi connectivity index (χ3n) is 2.90. The Morgan fingerprint density at radius 1 is 1.50 bits per heavy atom. The second kappa shape index (κ2) is 5.32. The third kappa shape index (κ3) is 2.96. The summed E-state index contributed by atoms with van der Waals surface area (Å²) in [5.74, 6) is 0.0233. The van der Waals surface area contributed by atoms with Crippen molar-refractivity contribution in [2.75, 3.05) is 20.2 Å². The van der Waals surface area contributed by atoms with E-state index in [1.54, 1.807) is 7.05 Å². The quantitative estimate of drug-likeness (QED) is 0.675. The van der Waals surface area contributed by atoms with Gasteiger partial charge in [0.05, 0.1) is 12.2 Å². The van der Waals surface area contributed by atoms with Crippen molar-refractivity contribution >= 4 is 5.91 Å². The predicted molar refractivity (Wildman–Crippen MR) is 54.9 cm³/mol. The molecular weight excluding hydrogens is 180 g/mol. The van der Waals surface area contributed by atoms with Crippen molar-refractivity contribution in [1.29, 1.82) is 0 Å². The molecule has 0 aromatic rings. The molecule has 82 valence electrons. The molecule has 1 amide bonds. The molecule has 0 aromatic carbocycles. The van der Waals surface area contributed by atoms with E-state index in [-0.39, 0.29) is 11.5 Å². The molecule has 0 bridgehead atoms. The first kappa shape index (κ1) is 11.5. The molecule has 1 rings (SSSR count). The van der Waals surface area contributed by atoms with Gasteiger partial charge in [-0.05, 0) is 12.8 Å². The van der Waals surface area contributed by atoms with Crippen LogP contribution in [0.5, 0.6) is 0 Å². The van der Waals surface area contributed by atoms with Crippen molar-refractivity contribution in [3.8, 4) is 0 Å². The number of ether oxygens (including phenoxy) is 1. The summed E-state index contributed by atoms with van der Waals surface area (Å²) in [7, 11) is 1.64. The molecule has 4 nitrogen and oxygen atoms in total. The molecule has 14 heavy (non-hydrogen) atoms. The fourth-order valence-corrected chi connectivity index (χ4v) is 1.91. The smallest absolute Gasteiger partial charge is 0.222 e. The van der Waals surface area contributed by atoms with Crippen LogP contribution >= 0.6 is 0 Å². The topological polar surface area (TPSA) is 64.3 Å². The van der Waals surface area contributed by atoms with Crippen LogP contribution in [0, 0.1) is 0 Å². The van der Waals surface area contributed by atoms with Gasteiger partial charge in [-0.1, -0.05) is 12.8 Å². The lowest BCUT2D eigenvalue weighted by atomic mass is 10.0. The predicted octanol–water partition coefficient (Wildman–Crippen LogP) is 0.411. The van der Waals surface area contributed by atoms with E-state index in [1.807, 2.05) is 0 Å². The van der Waals surface area contributed by atoms with Crippen LogP contribution in [0.15, 0.2) is 0 Å². The van der Waals surface area contributed by atoms with Gasteiger partial charge in [-0.25, -0.2) is 0 Å². The molecule has 1 saturated carbocycles. The molecular formula is C10H20N2O2.